The molecule has 0 spiro atoms. The average Bonchev–Trinajstić information content (AvgIpc) is 3.41. The second-order valence-corrected chi connectivity index (χ2v) is 24.5. The van der Waals surface area contributed by atoms with E-state index in [1.165, 1.54) is 263 Å². The molecule has 0 aliphatic carbocycles. The highest BCUT2D eigenvalue weighted by molar-refractivity contribution is 5.71. The summed E-state index contributed by atoms with van der Waals surface area (Å²) in [6.07, 6.45) is 71.5. The molecule has 9 heteroatoms. The second kappa shape index (κ2) is 60.9. The van der Waals surface area contributed by atoms with Crippen molar-refractivity contribution >= 4 is 17.9 Å². The minimum atomic E-state index is -1.51. The third-order valence-corrected chi connectivity index (χ3v) is 15.5. The maximum atomic E-state index is 12.9. The lowest BCUT2D eigenvalue weighted by Crippen LogP contribution is -2.40. The number of hydrogen-bond acceptors (Lipinski definition) is 7. The maximum absolute atomic E-state index is 12.9. The SMILES string of the molecule is CCCCCCC/C=C\C/C=C\CCCCCCCCCCCC(=O)OC(COC(=O)CCCCCCCCCCCCCCCCCCCCCCCCCCCCCCCCCC)COC(OCC[N+](C)(C)C)C(=O)O. The molecular weight excluding hydrogens is 971 g/mol. The summed E-state index contributed by atoms with van der Waals surface area (Å²) >= 11 is 0. The van der Waals surface area contributed by atoms with Gasteiger partial charge in [-0.05, 0) is 44.9 Å². The number of nitrogens with zero attached hydrogens (tertiary/aromatic N) is 1. The van der Waals surface area contributed by atoms with E-state index in [1.807, 2.05) is 21.1 Å². The maximum Gasteiger partial charge on any atom is 0.361 e. The van der Waals surface area contributed by atoms with Gasteiger partial charge in [-0.3, -0.25) is 9.59 Å². The molecule has 0 aromatic carbocycles. The first-order valence-corrected chi connectivity index (χ1v) is 34.0. The van der Waals surface area contributed by atoms with Gasteiger partial charge in [-0.2, -0.15) is 0 Å². The Bertz CT molecular complexity index is 1330. The summed E-state index contributed by atoms with van der Waals surface area (Å²) in [6, 6.07) is 0. The van der Waals surface area contributed by atoms with Crippen molar-refractivity contribution in [1.29, 1.82) is 0 Å². The number of carboxylic acid groups (broad SMARTS) is 1. The Morgan fingerprint density at radius 2 is 0.692 bits per heavy atom. The predicted octanol–water partition coefficient (Wildman–Crippen LogP) is 20.6. The highest BCUT2D eigenvalue weighted by Gasteiger charge is 2.25. The number of esters is 2. The van der Waals surface area contributed by atoms with Crippen LogP contribution in [0.1, 0.15) is 341 Å². The van der Waals surface area contributed by atoms with Crippen LogP contribution in [0, 0.1) is 0 Å². The zero-order valence-corrected chi connectivity index (χ0v) is 52.6. The standard InChI is InChI=1S/C69H131NO8/c1-6-8-10-12-14-16-18-20-22-24-26-28-29-30-31-32-33-34-35-36-37-38-40-41-43-45-47-49-51-53-55-57-59-66(71)76-63-65(64-77-69(68(73)74)75-62-61-70(3,4)5)78-67(72)60-58-56-54-52-50-48-46-44-42-39-27-25-23-21-19-17-15-13-11-9-7-2/h19,21,25,27,65,69H,6-18,20,22-24,26,28-64H2,1-5H3/p+1/b21-19-,27-25-. The first kappa shape index (κ1) is 75.8. The van der Waals surface area contributed by atoms with Gasteiger partial charge in [0.25, 0.3) is 6.29 Å². The van der Waals surface area contributed by atoms with Gasteiger partial charge in [0, 0.05) is 12.8 Å². The highest BCUT2D eigenvalue weighted by Crippen LogP contribution is 2.19. The fraction of sp³-hybridized carbons (Fsp3) is 0.899. The van der Waals surface area contributed by atoms with E-state index >= 15 is 0 Å². The summed E-state index contributed by atoms with van der Waals surface area (Å²) < 4.78 is 23.0. The van der Waals surface area contributed by atoms with E-state index in [4.69, 9.17) is 18.9 Å². The summed E-state index contributed by atoms with van der Waals surface area (Å²) in [5.41, 5.74) is 0. The van der Waals surface area contributed by atoms with Crippen LogP contribution in [0.25, 0.3) is 0 Å². The van der Waals surface area contributed by atoms with Crippen molar-refractivity contribution in [2.45, 2.75) is 354 Å². The Kier molecular flexibility index (Phi) is 59.1. The van der Waals surface area contributed by atoms with E-state index in [0.29, 0.717) is 17.4 Å². The summed E-state index contributed by atoms with van der Waals surface area (Å²) in [5, 5.41) is 9.73. The number of ether oxygens (including phenoxy) is 4. The van der Waals surface area contributed by atoms with Gasteiger partial charge in [0.05, 0.1) is 34.4 Å². The number of carbonyl (C=O) groups excluding carboxylic acids is 2. The molecule has 0 saturated carbocycles. The van der Waals surface area contributed by atoms with Crippen molar-refractivity contribution in [3.63, 3.8) is 0 Å². The van der Waals surface area contributed by atoms with Crippen LogP contribution in [0.2, 0.25) is 0 Å². The summed E-state index contributed by atoms with van der Waals surface area (Å²) in [6.45, 7) is 4.93. The Morgan fingerprint density at radius 3 is 1.01 bits per heavy atom. The third-order valence-electron chi connectivity index (χ3n) is 15.5. The van der Waals surface area contributed by atoms with Crippen molar-refractivity contribution in [2.24, 2.45) is 0 Å². The molecule has 9 nitrogen and oxygen atoms in total. The monoisotopic (exact) mass is 1100 g/mol. The van der Waals surface area contributed by atoms with E-state index < -0.39 is 24.3 Å². The predicted molar refractivity (Wildman–Crippen MR) is 332 cm³/mol. The topological polar surface area (TPSA) is 108 Å². The zero-order chi connectivity index (χ0) is 56.9. The third kappa shape index (κ3) is 61.4. The fourth-order valence-electron chi connectivity index (χ4n) is 10.2. The fourth-order valence-corrected chi connectivity index (χ4v) is 10.2. The Balaban J connectivity index is 4.05. The van der Waals surface area contributed by atoms with Crippen molar-refractivity contribution in [3.05, 3.63) is 24.3 Å². The van der Waals surface area contributed by atoms with Gasteiger partial charge in [-0.1, -0.05) is 308 Å². The number of carbonyl (C=O) groups is 3. The van der Waals surface area contributed by atoms with Crippen LogP contribution in [0.5, 0.6) is 0 Å². The van der Waals surface area contributed by atoms with Gasteiger partial charge in [-0.25, -0.2) is 4.79 Å². The molecule has 460 valence electrons. The molecule has 0 fully saturated rings. The Hall–Kier alpha value is -2.23. The summed E-state index contributed by atoms with van der Waals surface area (Å²) in [5.74, 6) is -1.99. The molecule has 0 radical (unpaired) electrons. The number of likely N-dealkylation sites (N-methyl/N-ethyl adjacent to an activating group) is 1. The molecule has 2 atom stereocenters. The molecule has 0 aromatic rings. The minimum Gasteiger partial charge on any atom is -0.477 e. The first-order valence-electron chi connectivity index (χ1n) is 34.0. The molecule has 0 saturated heterocycles. The van der Waals surface area contributed by atoms with Crippen molar-refractivity contribution in [2.75, 3.05) is 47.5 Å². The van der Waals surface area contributed by atoms with Crippen LogP contribution in [0.3, 0.4) is 0 Å². The smallest absolute Gasteiger partial charge is 0.361 e. The average molecular weight is 1100 g/mol. The second-order valence-electron chi connectivity index (χ2n) is 24.5. The van der Waals surface area contributed by atoms with E-state index in [0.717, 1.165) is 51.4 Å². The molecule has 0 heterocycles. The minimum absolute atomic E-state index is 0.178. The molecule has 0 aromatic heterocycles. The molecule has 2 unspecified atom stereocenters. The van der Waals surface area contributed by atoms with Crippen LogP contribution in [-0.4, -0.2) is 87.4 Å². The molecule has 1 N–H and O–H groups in total. The molecule has 0 aliphatic heterocycles. The van der Waals surface area contributed by atoms with E-state index in [1.54, 1.807) is 0 Å². The number of unbranched alkanes of at least 4 members (excludes halogenated alkanes) is 45. The number of carboxylic acids is 1. The van der Waals surface area contributed by atoms with Crippen LogP contribution in [0.4, 0.5) is 0 Å². The van der Waals surface area contributed by atoms with Crippen LogP contribution < -0.4 is 0 Å². The summed E-state index contributed by atoms with van der Waals surface area (Å²) in [7, 11) is 5.98. The highest BCUT2D eigenvalue weighted by atomic mass is 16.7. The van der Waals surface area contributed by atoms with Crippen LogP contribution in [-0.2, 0) is 33.3 Å². The van der Waals surface area contributed by atoms with Gasteiger partial charge in [-0.15, -0.1) is 0 Å². The van der Waals surface area contributed by atoms with Crippen LogP contribution in [0.15, 0.2) is 24.3 Å². The molecule has 0 aliphatic rings. The van der Waals surface area contributed by atoms with Crippen molar-refractivity contribution in [3.8, 4) is 0 Å². The largest absolute Gasteiger partial charge is 0.477 e. The van der Waals surface area contributed by atoms with Gasteiger partial charge in [0.1, 0.15) is 13.2 Å². The Morgan fingerprint density at radius 1 is 0.385 bits per heavy atom. The quantitative estimate of drug-likeness (QED) is 0.0211. The number of hydrogen-bond donors (Lipinski definition) is 1. The molecule has 0 bridgehead atoms. The Labute approximate surface area is 484 Å². The number of allylic oxidation sites excluding steroid dienone is 4. The lowest BCUT2D eigenvalue weighted by atomic mass is 10.0. The van der Waals surface area contributed by atoms with Gasteiger partial charge in [0.2, 0.25) is 0 Å². The normalized spacial score (nSPS) is 12.8. The van der Waals surface area contributed by atoms with Crippen molar-refractivity contribution < 1.29 is 42.9 Å². The van der Waals surface area contributed by atoms with Gasteiger partial charge >= 0.3 is 17.9 Å². The lowest BCUT2D eigenvalue weighted by Gasteiger charge is -2.25. The molecule has 0 rings (SSSR count). The van der Waals surface area contributed by atoms with Crippen molar-refractivity contribution in [1.82, 2.24) is 0 Å². The van der Waals surface area contributed by atoms with E-state index in [9.17, 15) is 19.5 Å². The zero-order valence-electron chi connectivity index (χ0n) is 52.6. The summed E-state index contributed by atoms with van der Waals surface area (Å²) in [4.78, 5) is 37.5. The first-order chi connectivity index (χ1) is 38.1. The molecular formula is C69H132NO8+. The van der Waals surface area contributed by atoms with Gasteiger partial charge in [0.15, 0.2) is 6.10 Å². The van der Waals surface area contributed by atoms with Crippen LogP contribution >= 0.6 is 0 Å². The van der Waals surface area contributed by atoms with E-state index in [2.05, 4.69) is 38.2 Å². The lowest BCUT2D eigenvalue weighted by molar-refractivity contribution is -0.870. The van der Waals surface area contributed by atoms with Gasteiger partial charge < -0.3 is 28.5 Å². The number of quaternary nitrogens is 1. The molecule has 78 heavy (non-hydrogen) atoms. The number of rotatable bonds is 64. The number of aliphatic carboxylic acids is 1. The van der Waals surface area contributed by atoms with E-state index in [-0.39, 0.29) is 32.2 Å². The molecule has 0 amide bonds.